The van der Waals surface area contributed by atoms with Crippen molar-refractivity contribution in [3.05, 3.63) is 16.9 Å². The average molecular weight is 286 g/mol. The van der Waals surface area contributed by atoms with Gasteiger partial charge in [0.25, 0.3) is 0 Å². The number of nitrogens with one attached hydrogen (secondary N) is 1. The highest BCUT2D eigenvalue weighted by molar-refractivity contribution is 9.10. The lowest BCUT2D eigenvalue weighted by Gasteiger charge is -2.10. The first-order valence-corrected chi connectivity index (χ1v) is 6.27. The second kappa shape index (κ2) is 5.50. The van der Waals surface area contributed by atoms with Crippen molar-refractivity contribution in [2.24, 2.45) is 5.92 Å². The number of pyridine rings is 1. The summed E-state index contributed by atoms with van der Waals surface area (Å²) in [5.41, 5.74) is 7.34. The van der Waals surface area contributed by atoms with Crippen molar-refractivity contribution in [1.82, 2.24) is 4.98 Å². The lowest BCUT2D eigenvalue weighted by Crippen LogP contribution is -2.12. The van der Waals surface area contributed by atoms with Gasteiger partial charge in [-0.2, -0.15) is 0 Å². The van der Waals surface area contributed by atoms with E-state index in [0.717, 1.165) is 29.2 Å². The topological polar surface area (TPSA) is 60.2 Å². The summed E-state index contributed by atoms with van der Waals surface area (Å²) in [6, 6.07) is 0. The van der Waals surface area contributed by atoms with Crippen LogP contribution in [-0.2, 0) is 4.74 Å². The summed E-state index contributed by atoms with van der Waals surface area (Å²) in [6.45, 7) is 2.37. The van der Waals surface area contributed by atoms with Gasteiger partial charge in [-0.25, -0.2) is 0 Å². The number of halogens is 1. The zero-order valence-electron chi connectivity index (χ0n) is 9.08. The quantitative estimate of drug-likeness (QED) is 0.788. The Labute approximate surface area is 104 Å². The average Bonchev–Trinajstić information content (AvgIpc) is 3.05. The predicted octanol–water partition coefficient (Wildman–Crippen LogP) is 2.26. The third-order valence-electron chi connectivity index (χ3n) is 2.53. The van der Waals surface area contributed by atoms with Gasteiger partial charge in [0, 0.05) is 19.3 Å². The van der Waals surface area contributed by atoms with E-state index in [0.29, 0.717) is 12.3 Å². The molecule has 1 heterocycles. The third-order valence-corrected chi connectivity index (χ3v) is 3.13. The van der Waals surface area contributed by atoms with Crippen LogP contribution in [0.5, 0.6) is 0 Å². The fourth-order valence-corrected chi connectivity index (χ4v) is 1.91. The maximum Gasteiger partial charge on any atom is 0.0750 e. The number of aromatic nitrogens is 1. The zero-order valence-corrected chi connectivity index (χ0v) is 10.7. The van der Waals surface area contributed by atoms with E-state index < -0.39 is 0 Å². The molecule has 0 aromatic carbocycles. The first-order chi connectivity index (χ1) is 7.77. The van der Waals surface area contributed by atoms with Crippen LogP contribution in [0.3, 0.4) is 0 Å². The Hall–Kier alpha value is -0.810. The van der Waals surface area contributed by atoms with Gasteiger partial charge in [-0.1, -0.05) is 0 Å². The molecule has 1 aliphatic rings. The van der Waals surface area contributed by atoms with Gasteiger partial charge in [0.05, 0.1) is 28.7 Å². The molecule has 4 nitrogen and oxygen atoms in total. The van der Waals surface area contributed by atoms with Gasteiger partial charge < -0.3 is 15.8 Å². The first kappa shape index (κ1) is 11.7. The number of ether oxygens (including phenoxy) is 1. The van der Waals surface area contributed by atoms with Gasteiger partial charge in [0.2, 0.25) is 0 Å². The summed E-state index contributed by atoms with van der Waals surface area (Å²) in [5, 5.41) is 3.24. The van der Waals surface area contributed by atoms with Crippen molar-refractivity contribution in [3.8, 4) is 0 Å². The van der Waals surface area contributed by atoms with E-state index in [9.17, 15) is 0 Å². The van der Waals surface area contributed by atoms with Crippen molar-refractivity contribution in [2.75, 3.05) is 30.8 Å². The molecular formula is C11H16BrN3O. The highest BCUT2D eigenvalue weighted by Gasteiger charge is 2.20. The molecule has 1 fully saturated rings. The fourth-order valence-electron chi connectivity index (χ4n) is 1.42. The molecule has 3 N–H and O–H groups in total. The van der Waals surface area contributed by atoms with Gasteiger partial charge >= 0.3 is 0 Å². The number of rotatable bonds is 6. The molecule has 0 aliphatic heterocycles. The van der Waals surface area contributed by atoms with Crippen molar-refractivity contribution < 1.29 is 4.74 Å². The van der Waals surface area contributed by atoms with E-state index in [1.165, 1.54) is 12.8 Å². The Morgan fingerprint density at radius 3 is 3.00 bits per heavy atom. The predicted molar refractivity (Wildman–Crippen MR) is 68.4 cm³/mol. The molecule has 16 heavy (non-hydrogen) atoms. The van der Waals surface area contributed by atoms with E-state index >= 15 is 0 Å². The van der Waals surface area contributed by atoms with E-state index in [4.69, 9.17) is 10.5 Å². The lowest BCUT2D eigenvalue weighted by molar-refractivity contribution is 0.134. The molecule has 0 bridgehead atoms. The van der Waals surface area contributed by atoms with Gasteiger partial charge in [0.1, 0.15) is 0 Å². The van der Waals surface area contributed by atoms with Crippen LogP contribution in [0, 0.1) is 5.92 Å². The van der Waals surface area contributed by atoms with Crippen LogP contribution >= 0.6 is 15.9 Å². The summed E-state index contributed by atoms with van der Waals surface area (Å²) < 4.78 is 6.41. The van der Waals surface area contributed by atoms with Gasteiger partial charge in [-0.05, 0) is 34.7 Å². The van der Waals surface area contributed by atoms with Crippen LogP contribution in [0.25, 0.3) is 0 Å². The Kier molecular flexibility index (Phi) is 4.01. The smallest absolute Gasteiger partial charge is 0.0750 e. The molecule has 1 aliphatic carbocycles. The maximum atomic E-state index is 5.80. The number of nitrogens with two attached hydrogens (primary N) is 1. The molecule has 0 atom stereocenters. The first-order valence-electron chi connectivity index (χ1n) is 5.48. The molecular weight excluding hydrogens is 270 g/mol. The minimum absolute atomic E-state index is 0.650. The summed E-state index contributed by atoms with van der Waals surface area (Å²) in [6.07, 6.45) is 6.02. The molecule has 1 aromatic rings. The molecule has 0 spiro atoms. The van der Waals surface area contributed by atoms with Crippen molar-refractivity contribution in [2.45, 2.75) is 12.8 Å². The number of nitrogens with zero attached hydrogens (tertiary/aromatic N) is 1. The summed E-state index contributed by atoms with van der Waals surface area (Å²) in [5.74, 6) is 0.817. The normalized spacial score (nSPS) is 15.1. The van der Waals surface area contributed by atoms with Crippen LogP contribution in [0.1, 0.15) is 12.8 Å². The van der Waals surface area contributed by atoms with Crippen LogP contribution in [0.2, 0.25) is 0 Å². The third kappa shape index (κ3) is 3.35. The minimum Gasteiger partial charge on any atom is -0.396 e. The Morgan fingerprint density at radius 2 is 2.31 bits per heavy atom. The minimum atomic E-state index is 0.650. The number of hydrogen-bond donors (Lipinski definition) is 2. The van der Waals surface area contributed by atoms with Crippen molar-refractivity contribution >= 4 is 27.3 Å². The molecule has 1 aromatic heterocycles. The van der Waals surface area contributed by atoms with Gasteiger partial charge in [-0.15, -0.1) is 0 Å². The van der Waals surface area contributed by atoms with Gasteiger partial charge in [-0.3, -0.25) is 4.98 Å². The van der Waals surface area contributed by atoms with E-state index in [2.05, 4.69) is 26.2 Å². The molecule has 0 radical (unpaired) electrons. The molecule has 0 unspecified atom stereocenters. The second-order valence-electron chi connectivity index (χ2n) is 4.03. The molecule has 1 saturated carbocycles. The van der Waals surface area contributed by atoms with Crippen molar-refractivity contribution in [1.29, 1.82) is 0 Å². The van der Waals surface area contributed by atoms with Crippen LogP contribution < -0.4 is 11.1 Å². The lowest BCUT2D eigenvalue weighted by atomic mass is 10.3. The number of anilines is 2. The zero-order chi connectivity index (χ0) is 11.4. The van der Waals surface area contributed by atoms with Crippen LogP contribution in [0.15, 0.2) is 16.9 Å². The monoisotopic (exact) mass is 285 g/mol. The fraction of sp³-hybridized carbons (Fsp3) is 0.545. The maximum absolute atomic E-state index is 5.80. The summed E-state index contributed by atoms with van der Waals surface area (Å²) in [4.78, 5) is 3.98. The summed E-state index contributed by atoms with van der Waals surface area (Å²) in [7, 11) is 0. The molecule has 2 rings (SSSR count). The molecule has 0 saturated heterocycles. The molecule has 5 heteroatoms. The van der Waals surface area contributed by atoms with E-state index in [-0.39, 0.29) is 0 Å². The van der Waals surface area contributed by atoms with E-state index in [1.807, 2.05) is 0 Å². The number of nitrogen functional groups attached to an aromatic ring is 1. The Bertz CT molecular complexity index is 335. The second-order valence-corrected chi connectivity index (χ2v) is 4.88. The standard InChI is InChI=1S/C11H16BrN3O/c12-9-5-14-6-10(13)11(9)15-3-4-16-7-8-1-2-8/h5-6,8H,1-4,7,13H2,(H,14,15). The van der Waals surface area contributed by atoms with Crippen molar-refractivity contribution in [3.63, 3.8) is 0 Å². The highest BCUT2D eigenvalue weighted by Crippen LogP contribution is 2.29. The van der Waals surface area contributed by atoms with Crippen LogP contribution in [0.4, 0.5) is 11.4 Å². The SMILES string of the molecule is Nc1cncc(Br)c1NCCOCC1CC1. The molecule has 0 amide bonds. The Morgan fingerprint density at radius 1 is 1.50 bits per heavy atom. The highest BCUT2D eigenvalue weighted by atomic mass is 79.9. The van der Waals surface area contributed by atoms with Gasteiger partial charge in [0.15, 0.2) is 0 Å². The summed E-state index contributed by atoms with van der Waals surface area (Å²) >= 11 is 3.40. The van der Waals surface area contributed by atoms with Crippen LogP contribution in [-0.4, -0.2) is 24.7 Å². The number of hydrogen-bond acceptors (Lipinski definition) is 4. The molecule has 88 valence electrons. The Balaban J connectivity index is 1.71. The van der Waals surface area contributed by atoms with E-state index in [1.54, 1.807) is 12.4 Å². The largest absolute Gasteiger partial charge is 0.396 e.